The van der Waals surface area contributed by atoms with E-state index in [1.165, 1.54) is 11.8 Å². The van der Waals surface area contributed by atoms with Crippen LogP contribution in [0.4, 0.5) is 11.5 Å². The number of rotatable bonds is 7. The Morgan fingerprint density at radius 1 is 1.19 bits per heavy atom. The molecule has 136 valence electrons. The number of anilines is 2. The van der Waals surface area contributed by atoms with E-state index in [4.69, 9.17) is 4.74 Å². The van der Waals surface area contributed by atoms with Crippen LogP contribution in [-0.2, 0) is 9.59 Å². The highest BCUT2D eigenvalue weighted by Crippen LogP contribution is 2.30. The summed E-state index contributed by atoms with van der Waals surface area (Å²) >= 11 is 1.27. The van der Waals surface area contributed by atoms with Gasteiger partial charge in [0.2, 0.25) is 11.8 Å². The quantitative estimate of drug-likeness (QED) is 0.726. The maximum Gasteiger partial charge on any atom is 0.234 e. The second-order valence-electron chi connectivity index (χ2n) is 6.06. The van der Waals surface area contributed by atoms with Crippen LogP contribution >= 0.6 is 11.8 Å². The molecule has 3 rings (SSSR count). The van der Waals surface area contributed by atoms with Crippen LogP contribution in [0.25, 0.3) is 0 Å². The van der Waals surface area contributed by atoms with Crippen LogP contribution in [0.1, 0.15) is 18.4 Å². The molecular formula is C18H20N4O3S. The summed E-state index contributed by atoms with van der Waals surface area (Å²) in [5.74, 6) is 1.19. The Kier molecular flexibility index (Phi) is 5.72. The predicted octanol–water partition coefficient (Wildman–Crippen LogP) is 2.87. The Bertz CT molecular complexity index is 807. The van der Waals surface area contributed by atoms with Crippen LogP contribution in [-0.4, -0.2) is 34.9 Å². The first-order valence-corrected chi connectivity index (χ1v) is 9.25. The molecule has 0 unspecified atom stereocenters. The molecule has 7 nitrogen and oxygen atoms in total. The molecule has 0 radical (unpaired) electrons. The maximum absolute atomic E-state index is 12.2. The first kappa shape index (κ1) is 18.2. The summed E-state index contributed by atoms with van der Waals surface area (Å²) in [5.41, 5.74) is 1.67. The molecule has 1 aromatic heterocycles. The molecule has 2 amide bonds. The van der Waals surface area contributed by atoms with Gasteiger partial charge in [0.25, 0.3) is 0 Å². The van der Waals surface area contributed by atoms with Gasteiger partial charge in [0.05, 0.1) is 18.6 Å². The van der Waals surface area contributed by atoms with Gasteiger partial charge in [0, 0.05) is 5.92 Å². The molecule has 0 aliphatic heterocycles. The molecule has 1 aromatic carbocycles. The number of benzene rings is 1. The standard InChI is InChI=1S/C18H20N4O3S/c1-11-3-6-14(25-2)13(9-11)19-16(23)10-26-17-8-7-15(21-22-17)20-18(24)12-4-5-12/h3,6-9,12H,4-5,10H2,1-2H3,(H,19,23)(H,20,21,24). The number of hydrogen-bond donors (Lipinski definition) is 2. The van der Waals surface area contributed by atoms with E-state index in [2.05, 4.69) is 20.8 Å². The SMILES string of the molecule is COc1ccc(C)cc1NC(=O)CSc1ccc(NC(=O)C2CC2)nn1. The van der Waals surface area contributed by atoms with Crippen molar-refractivity contribution in [3.63, 3.8) is 0 Å². The number of hydrogen-bond acceptors (Lipinski definition) is 6. The van der Waals surface area contributed by atoms with E-state index in [1.807, 2.05) is 25.1 Å². The van der Waals surface area contributed by atoms with Crippen LogP contribution in [0.2, 0.25) is 0 Å². The number of carbonyl (C=O) groups excluding carboxylic acids is 2. The van der Waals surface area contributed by atoms with Crippen LogP contribution < -0.4 is 15.4 Å². The zero-order chi connectivity index (χ0) is 18.5. The highest BCUT2D eigenvalue weighted by molar-refractivity contribution is 7.99. The zero-order valence-corrected chi connectivity index (χ0v) is 15.4. The van der Waals surface area contributed by atoms with Gasteiger partial charge >= 0.3 is 0 Å². The Morgan fingerprint density at radius 3 is 2.65 bits per heavy atom. The zero-order valence-electron chi connectivity index (χ0n) is 14.6. The number of thioether (sulfide) groups is 1. The van der Waals surface area contributed by atoms with Gasteiger partial charge in [-0.3, -0.25) is 9.59 Å². The predicted molar refractivity (Wildman–Crippen MR) is 100 cm³/mol. The summed E-state index contributed by atoms with van der Waals surface area (Å²) in [6, 6.07) is 9.02. The Balaban J connectivity index is 1.51. The third-order valence-corrected chi connectivity index (χ3v) is 4.74. The molecule has 26 heavy (non-hydrogen) atoms. The fourth-order valence-electron chi connectivity index (χ4n) is 2.28. The molecule has 0 spiro atoms. The lowest BCUT2D eigenvalue weighted by Gasteiger charge is -2.10. The fourth-order valence-corrected chi connectivity index (χ4v) is 2.90. The number of nitrogens with one attached hydrogen (secondary N) is 2. The minimum absolute atomic E-state index is 0.00816. The van der Waals surface area contributed by atoms with Crippen molar-refractivity contribution in [2.75, 3.05) is 23.5 Å². The smallest absolute Gasteiger partial charge is 0.234 e. The van der Waals surface area contributed by atoms with E-state index in [0.29, 0.717) is 22.3 Å². The van der Waals surface area contributed by atoms with E-state index in [-0.39, 0.29) is 23.5 Å². The maximum atomic E-state index is 12.2. The van der Waals surface area contributed by atoms with Crippen LogP contribution in [0.3, 0.4) is 0 Å². The second kappa shape index (κ2) is 8.18. The van der Waals surface area contributed by atoms with Gasteiger partial charge in [-0.2, -0.15) is 0 Å². The van der Waals surface area contributed by atoms with Crippen molar-refractivity contribution >= 4 is 35.1 Å². The average Bonchev–Trinajstić information content (AvgIpc) is 3.46. The van der Waals surface area contributed by atoms with Crippen molar-refractivity contribution < 1.29 is 14.3 Å². The molecule has 8 heteroatoms. The molecule has 1 saturated carbocycles. The van der Waals surface area contributed by atoms with E-state index in [0.717, 1.165) is 18.4 Å². The Labute approximate surface area is 155 Å². The number of ether oxygens (including phenoxy) is 1. The summed E-state index contributed by atoms with van der Waals surface area (Å²) in [5, 5.41) is 14.2. The molecule has 1 aliphatic rings. The fraction of sp³-hybridized carbons (Fsp3) is 0.333. The summed E-state index contributed by atoms with van der Waals surface area (Å²) in [6.45, 7) is 1.95. The Morgan fingerprint density at radius 2 is 2.00 bits per heavy atom. The molecule has 2 N–H and O–H groups in total. The number of carbonyl (C=O) groups is 2. The van der Waals surface area contributed by atoms with Crippen molar-refractivity contribution in [3.05, 3.63) is 35.9 Å². The van der Waals surface area contributed by atoms with Crippen molar-refractivity contribution in [1.29, 1.82) is 0 Å². The van der Waals surface area contributed by atoms with E-state index >= 15 is 0 Å². The molecule has 1 aliphatic carbocycles. The summed E-state index contributed by atoms with van der Waals surface area (Å²) in [4.78, 5) is 23.8. The van der Waals surface area contributed by atoms with E-state index < -0.39 is 0 Å². The number of methoxy groups -OCH3 is 1. The number of nitrogens with zero attached hydrogens (tertiary/aromatic N) is 2. The van der Waals surface area contributed by atoms with Gasteiger partial charge in [-0.1, -0.05) is 17.8 Å². The molecule has 2 aromatic rings. The van der Waals surface area contributed by atoms with Crippen molar-refractivity contribution in [1.82, 2.24) is 10.2 Å². The molecule has 0 bridgehead atoms. The first-order valence-electron chi connectivity index (χ1n) is 8.27. The van der Waals surface area contributed by atoms with Crippen LogP contribution in [0, 0.1) is 12.8 Å². The van der Waals surface area contributed by atoms with Gasteiger partial charge < -0.3 is 15.4 Å². The third-order valence-electron chi connectivity index (χ3n) is 3.82. The summed E-state index contributed by atoms with van der Waals surface area (Å²) in [6.07, 6.45) is 1.88. The lowest BCUT2D eigenvalue weighted by Crippen LogP contribution is -2.15. The number of amides is 2. The van der Waals surface area contributed by atoms with Crippen LogP contribution in [0.5, 0.6) is 5.75 Å². The topological polar surface area (TPSA) is 93.2 Å². The van der Waals surface area contributed by atoms with Gasteiger partial charge in [0.15, 0.2) is 5.82 Å². The Hall–Kier alpha value is -2.61. The molecule has 1 heterocycles. The first-order chi connectivity index (χ1) is 12.5. The third kappa shape index (κ3) is 4.95. The normalized spacial score (nSPS) is 13.2. The van der Waals surface area contributed by atoms with E-state index in [1.54, 1.807) is 19.2 Å². The highest BCUT2D eigenvalue weighted by Gasteiger charge is 2.29. The van der Waals surface area contributed by atoms with Gasteiger partial charge in [-0.15, -0.1) is 10.2 Å². The molecule has 1 fully saturated rings. The van der Waals surface area contributed by atoms with Gasteiger partial charge in [-0.05, 0) is 49.6 Å². The minimum atomic E-state index is -0.160. The van der Waals surface area contributed by atoms with Crippen molar-refractivity contribution in [3.8, 4) is 5.75 Å². The largest absolute Gasteiger partial charge is 0.495 e. The van der Waals surface area contributed by atoms with Crippen molar-refractivity contribution in [2.24, 2.45) is 5.92 Å². The average molecular weight is 372 g/mol. The second-order valence-corrected chi connectivity index (χ2v) is 7.06. The molecule has 0 atom stereocenters. The minimum Gasteiger partial charge on any atom is -0.495 e. The van der Waals surface area contributed by atoms with Gasteiger partial charge in [-0.25, -0.2) is 0 Å². The molecular weight excluding hydrogens is 352 g/mol. The van der Waals surface area contributed by atoms with Crippen LogP contribution in [0.15, 0.2) is 35.4 Å². The lowest BCUT2D eigenvalue weighted by atomic mass is 10.2. The van der Waals surface area contributed by atoms with Gasteiger partial charge in [0.1, 0.15) is 10.8 Å². The highest BCUT2D eigenvalue weighted by atomic mass is 32.2. The number of aromatic nitrogens is 2. The molecule has 0 saturated heterocycles. The number of aryl methyl sites for hydroxylation is 1. The lowest BCUT2D eigenvalue weighted by molar-refractivity contribution is -0.117. The monoisotopic (exact) mass is 372 g/mol. The van der Waals surface area contributed by atoms with Crippen molar-refractivity contribution in [2.45, 2.75) is 24.8 Å². The van der Waals surface area contributed by atoms with E-state index in [9.17, 15) is 9.59 Å². The summed E-state index contributed by atoms with van der Waals surface area (Å²) in [7, 11) is 1.56. The summed E-state index contributed by atoms with van der Waals surface area (Å²) < 4.78 is 5.25.